The van der Waals surface area contributed by atoms with Crippen LogP contribution in [0.5, 0.6) is 0 Å². The smallest absolute Gasteiger partial charge is 0.251 e. The van der Waals surface area contributed by atoms with E-state index >= 15 is 0 Å². The zero-order chi connectivity index (χ0) is 15.6. The van der Waals surface area contributed by atoms with Crippen molar-refractivity contribution >= 4 is 15.9 Å². The Bertz CT molecular complexity index is 649. The van der Waals surface area contributed by atoms with Crippen molar-refractivity contribution in [2.75, 3.05) is 13.2 Å². The topological polar surface area (TPSA) is 84.5 Å². The Hall–Kier alpha value is -1.44. The fourth-order valence-electron chi connectivity index (χ4n) is 2.41. The van der Waals surface area contributed by atoms with Crippen LogP contribution in [0.4, 0.5) is 0 Å². The lowest BCUT2D eigenvalue weighted by Gasteiger charge is -2.11. The van der Waals surface area contributed by atoms with Gasteiger partial charge in [-0.3, -0.25) is 4.79 Å². The van der Waals surface area contributed by atoms with E-state index in [2.05, 4.69) is 10.0 Å². The van der Waals surface area contributed by atoms with Gasteiger partial charge in [0, 0.05) is 24.8 Å². The summed E-state index contributed by atoms with van der Waals surface area (Å²) in [5, 5.41) is 2.79. The number of nitrogens with one attached hydrogen (secondary N) is 2. The maximum absolute atomic E-state index is 12.2. The Morgan fingerprint density at radius 3 is 2.77 bits per heavy atom. The monoisotopic (exact) mass is 324 g/mol. The van der Waals surface area contributed by atoms with Gasteiger partial charge >= 0.3 is 0 Å². The summed E-state index contributed by atoms with van der Waals surface area (Å²) < 4.78 is 32.4. The number of carbonyl (C=O) groups excluding carboxylic acids is 1. The second-order valence-corrected chi connectivity index (χ2v) is 7.48. The van der Waals surface area contributed by atoms with E-state index in [1.54, 1.807) is 12.1 Å². The minimum Gasteiger partial charge on any atom is -0.376 e. The second-order valence-electron chi connectivity index (χ2n) is 5.77. The van der Waals surface area contributed by atoms with Crippen LogP contribution in [0.1, 0.15) is 36.0 Å². The van der Waals surface area contributed by atoms with Crippen LogP contribution in [0.2, 0.25) is 0 Å². The fraction of sp³-hybridized carbons (Fsp3) is 0.533. The number of carbonyl (C=O) groups is 1. The molecule has 1 heterocycles. The molecule has 1 amide bonds. The summed E-state index contributed by atoms with van der Waals surface area (Å²) in [5.74, 6) is -0.279. The summed E-state index contributed by atoms with van der Waals surface area (Å²) in [4.78, 5) is 12.3. The third-order valence-corrected chi connectivity index (χ3v) is 5.34. The van der Waals surface area contributed by atoms with Crippen LogP contribution in [-0.4, -0.2) is 39.6 Å². The molecule has 1 saturated carbocycles. The lowest BCUT2D eigenvalue weighted by molar-refractivity contribution is 0.0857. The molecule has 0 aromatic heterocycles. The number of ether oxygens (including phenoxy) is 1. The number of amides is 1. The molecule has 22 heavy (non-hydrogen) atoms. The molecule has 2 aliphatic rings. The molecule has 1 aliphatic heterocycles. The van der Waals surface area contributed by atoms with E-state index < -0.39 is 10.0 Å². The molecular formula is C15H20N2O4S. The van der Waals surface area contributed by atoms with Crippen molar-refractivity contribution in [2.45, 2.75) is 42.7 Å². The van der Waals surface area contributed by atoms with E-state index in [1.807, 2.05) is 0 Å². The third-order valence-electron chi connectivity index (χ3n) is 3.82. The number of benzene rings is 1. The van der Waals surface area contributed by atoms with Gasteiger partial charge in [-0.2, -0.15) is 0 Å². The average Bonchev–Trinajstić information content (AvgIpc) is 3.15. The van der Waals surface area contributed by atoms with Crippen molar-refractivity contribution in [1.29, 1.82) is 0 Å². The van der Waals surface area contributed by atoms with Crippen LogP contribution in [-0.2, 0) is 14.8 Å². The zero-order valence-corrected chi connectivity index (χ0v) is 13.1. The van der Waals surface area contributed by atoms with Crippen molar-refractivity contribution in [2.24, 2.45) is 0 Å². The van der Waals surface area contributed by atoms with Gasteiger partial charge < -0.3 is 10.1 Å². The van der Waals surface area contributed by atoms with Crippen LogP contribution in [0.25, 0.3) is 0 Å². The molecule has 0 radical (unpaired) electrons. The van der Waals surface area contributed by atoms with E-state index in [0.717, 1.165) is 32.3 Å². The van der Waals surface area contributed by atoms with Crippen molar-refractivity contribution in [3.63, 3.8) is 0 Å². The summed E-state index contributed by atoms with van der Waals surface area (Å²) in [6, 6.07) is 6.16. The highest BCUT2D eigenvalue weighted by atomic mass is 32.2. The Morgan fingerprint density at radius 1 is 1.27 bits per heavy atom. The quantitative estimate of drug-likeness (QED) is 0.819. The van der Waals surface area contributed by atoms with Crippen molar-refractivity contribution < 1.29 is 17.9 Å². The average molecular weight is 324 g/mol. The van der Waals surface area contributed by atoms with Crippen LogP contribution < -0.4 is 10.0 Å². The van der Waals surface area contributed by atoms with Crippen LogP contribution in [0, 0.1) is 0 Å². The van der Waals surface area contributed by atoms with E-state index in [-0.39, 0.29) is 22.9 Å². The SMILES string of the molecule is O=C(NCC1CCCO1)c1cccc(S(=O)(=O)NC2CC2)c1. The van der Waals surface area contributed by atoms with Gasteiger partial charge in [0.2, 0.25) is 10.0 Å². The van der Waals surface area contributed by atoms with Crippen molar-refractivity contribution in [1.82, 2.24) is 10.0 Å². The van der Waals surface area contributed by atoms with Crippen LogP contribution >= 0.6 is 0 Å². The van der Waals surface area contributed by atoms with Gasteiger partial charge in [0.25, 0.3) is 5.91 Å². The lowest BCUT2D eigenvalue weighted by atomic mass is 10.2. The highest BCUT2D eigenvalue weighted by Crippen LogP contribution is 2.22. The minimum absolute atomic E-state index is 0.0435. The van der Waals surface area contributed by atoms with Gasteiger partial charge in [-0.05, 0) is 43.9 Å². The van der Waals surface area contributed by atoms with Gasteiger partial charge in [0.1, 0.15) is 0 Å². The van der Waals surface area contributed by atoms with Crippen molar-refractivity contribution in [3.05, 3.63) is 29.8 Å². The first-order chi connectivity index (χ1) is 10.5. The molecule has 1 saturated heterocycles. The molecule has 0 bridgehead atoms. The van der Waals surface area contributed by atoms with E-state index in [0.29, 0.717) is 12.1 Å². The molecule has 1 aromatic carbocycles. The molecule has 0 spiro atoms. The molecule has 1 unspecified atom stereocenters. The van der Waals surface area contributed by atoms with Gasteiger partial charge in [-0.1, -0.05) is 6.07 Å². The second kappa shape index (κ2) is 6.36. The minimum atomic E-state index is -3.54. The molecule has 2 fully saturated rings. The van der Waals surface area contributed by atoms with Gasteiger partial charge in [-0.15, -0.1) is 0 Å². The molecule has 120 valence electrons. The van der Waals surface area contributed by atoms with Crippen LogP contribution in [0.3, 0.4) is 0 Å². The first-order valence-corrected chi connectivity index (χ1v) is 9.05. The lowest BCUT2D eigenvalue weighted by Crippen LogP contribution is -2.32. The molecule has 1 aromatic rings. The zero-order valence-electron chi connectivity index (χ0n) is 12.2. The predicted octanol–water partition coefficient (Wildman–Crippen LogP) is 1.04. The first-order valence-electron chi connectivity index (χ1n) is 7.57. The summed E-state index contributed by atoms with van der Waals surface area (Å²) in [6.45, 7) is 1.19. The Kier molecular flexibility index (Phi) is 4.46. The van der Waals surface area contributed by atoms with Gasteiger partial charge in [0.15, 0.2) is 0 Å². The number of hydrogen-bond acceptors (Lipinski definition) is 4. The van der Waals surface area contributed by atoms with Gasteiger partial charge in [0.05, 0.1) is 11.0 Å². The highest BCUT2D eigenvalue weighted by molar-refractivity contribution is 7.89. The highest BCUT2D eigenvalue weighted by Gasteiger charge is 2.28. The summed E-state index contributed by atoms with van der Waals surface area (Å²) in [6.07, 6.45) is 3.77. The Balaban J connectivity index is 1.65. The molecule has 7 heteroatoms. The number of sulfonamides is 1. The predicted molar refractivity (Wildman–Crippen MR) is 81.1 cm³/mol. The normalized spacial score (nSPS) is 21.7. The molecular weight excluding hydrogens is 304 g/mol. The van der Waals surface area contributed by atoms with Crippen molar-refractivity contribution in [3.8, 4) is 0 Å². The van der Waals surface area contributed by atoms with Crippen LogP contribution in [0.15, 0.2) is 29.2 Å². The Morgan fingerprint density at radius 2 is 2.09 bits per heavy atom. The molecule has 2 N–H and O–H groups in total. The number of hydrogen-bond donors (Lipinski definition) is 2. The Labute approximate surface area is 130 Å². The maximum atomic E-state index is 12.2. The molecule has 1 aliphatic carbocycles. The maximum Gasteiger partial charge on any atom is 0.251 e. The third kappa shape index (κ3) is 3.85. The van der Waals surface area contributed by atoms with Gasteiger partial charge in [-0.25, -0.2) is 13.1 Å². The number of rotatable bonds is 6. The summed E-state index contributed by atoms with van der Waals surface area (Å²) in [7, 11) is -3.54. The summed E-state index contributed by atoms with van der Waals surface area (Å²) in [5.41, 5.74) is 0.344. The first kappa shape index (κ1) is 15.5. The molecule has 3 rings (SSSR count). The van der Waals surface area contributed by atoms with E-state index in [4.69, 9.17) is 4.74 Å². The largest absolute Gasteiger partial charge is 0.376 e. The standard InChI is InChI=1S/C15H20N2O4S/c18-15(16-10-13-4-2-8-21-13)11-3-1-5-14(9-11)22(19,20)17-12-6-7-12/h1,3,5,9,12-13,17H,2,4,6-8,10H2,(H,16,18). The summed E-state index contributed by atoms with van der Waals surface area (Å²) >= 11 is 0. The van der Waals surface area contributed by atoms with E-state index in [1.165, 1.54) is 12.1 Å². The van der Waals surface area contributed by atoms with E-state index in [9.17, 15) is 13.2 Å². The molecule has 1 atom stereocenters. The molecule has 6 nitrogen and oxygen atoms in total. The fourth-order valence-corrected chi connectivity index (χ4v) is 3.76.